The van der Waals surface area contributed by atoms with Crippen molar-refractivity contribution >= 4 is 34.0 Å². The molecule has 5 nitrogen and oxygen atoms in total. The fourth-order valence-electron chi connectivity index (χ4n) is 1.82. The molecule has 1 aromatic heterocycles. The SMILES string of the molecule is COC(=O)c1sc(N2CCC(C)(O)CC2)nc1Cl. The van der Waals surface area contributed by atoms with Crippen molar-refractivity contribution in [1.82, 2.24) is 4.98 Å². The number of methoxy groups -OCH3 is 1. The number of hydrogen-bond donors (Lipinski definition) is 1. The monoisotopic (exact) mass is 290 g/mol. The summed E-state index contributed by atoms with van der Waals surface area (Å²) in [6, 6.07) is 0. The van der Waals surface area contributed by atoms with Gasteiger partial charge in [0.25, 0.3) is 0 Å². The van der Waals surface area contributed by atoms with Gasteiger partial charge in [0.15, 0.2) is 15.2 Å². The van der Waals surface area contributed by atoms with E-state index in [9.17, 15) is 9.90 Å². The summed E-state index contributed by atoms with van der Waals surface area (Å²) in [6.45, 7) is 3.24. The van der Waals surface area contributed by atoms with E-state index >= 15 is 0 Å². The zero-order valence-electron chi connectivity index (χ0n) is 10.3. The van der Waals surface area contributed by atoms with Gasteiger partial charge in [-0.3, -0.25) is 0 Å². The van der Waals surface area contributed by atoms with Crippen molar-refractivity contribution in [2.45, 2.75) is 25.4 Å². The number of halogens is 1. The molecule has 100 valence electrons. The maximum Gasteiger partial charge on any atom is 0.351 e. The maximum atomic E-state index is 11.4. The van der Waals surface area contributed by atoms with Gasteiger partial charge in [-0.05, 0) is 19.8 Å². The van der Waals surface area contributed by atoms with E-state index in [1.54, 1.807) is 0 Å². The first-order valence-corrected chi connectivity index (χ1v) is 6.84. The Balaban J connectivity index is 2.13. The highest BCUT2D eigenvalue weighted by molar-refractivity contribution is 7.18. The summed E-state index contributed by atoms with van der Waals surface area (Å²) in [5.74, 6) is -0.465. The fraction of sp³-hybridized carbons (Fsp3) is 0.636. The van der Waals surface area contributed by atoms with E-state index in [-0.39, 0.29) is 5.15 Å². The van der Waals surface area contributed by atoms with E-state index in [4.69, 9.17) is 11.6 Å². The molecule has 0 amide bonds. The third kappa shape index (κ3) is 2.76. The van der Waals surface area contributed by atoms with E-state index in [1.165, 1.54) is 18.4 Å². The van der Waals surface area contributed by atoms with Gasteiger partial charge in [0.1, 0.15) is 0 Å². The van der Waals surface area contributed by atoms with Crippen molar-refractivity contribution in [3.63, 3.8) is 0 Å². The van der Waals surface area contributed by atoms with Crippen molar-refractivity contribution in [1.29, 1.82) is 0 Å². The first-order valence-electron chi connectivity index (χ1n) is 5.65. The second kappa shape index (κ2) is 5.03. The second-order valence-corrected chi connectivity index (χ2v) is 5.93. The number of anilines is 1. The van der Waals surface area contributed by atoms with Crippen LogP contribution in [-0.4, -0.2) is 41.9 Å². The Morgan fingerprint density at radius 2 is 2.17 bits per heavy atom. The van der Waals surface area contributed by atoms with Crippen LogP contribution in [0.2, 0.25) is 5.15 Å². The molecule has 0 bridgehead atoms. The molecule has 1 saturated heterocycles. The first kappa shape index (κ1) is 13.6. The van der Waals surface area contributed by atoms with Crippen LogP contribution >= 0.6 is 22.9 Å². The lowest BCUT2D eigenvalue weighted by Crippen LogP contribution is -2.42. The Bertz CT molecular complexity index is 451. The van der Waals surface area contributed by atoms with Gasteiger partial charge in [-0.15, -0.1) is 0 Å². The Hall–Kier alpha value is -0.850. The van der Waals surface area contributed by atoms with Gasteiger partial charge in [-0.1, -0.05) is 22.9 Å². The highest BCUT2D eigenvalue weighted by atomic mass is 35.5. The minimum absolute atomic E-state index is 0.180. The number of carbonyl (C=O) groups is 1. The lowest BCUT2D eigenvalue weighted by molar-refractivity contribution is 0.0351. The van der Waals surface area contributed by atoms with Crippen molar-refractivity contribution < 1.29 is 14.6 Å². The van der Waals surface area contributed by atoms with Gasteiger partial charge in [-0.2, -0.15) is 0 Å². The lowest BCUT2D eigenvalue weighted by atomic mass is 9.94. The molecule has 2 heterocycles. The highest BCUT2D eigenvalue weighted by Crippen LogP contribution is 2.33. The number of thiazole rings is 1. The Labute approximate surface area is 114 Å². The molecular weight excluding hydrogens is 276 g/mol. The van der Waals surface area contributed by atoms with Crippen LogP contribution in [0.5, 0.6) is 0 Å². The minimum atomic E-state index is -0.608. The van der Waals surface area contributed by atoms with Crippen LogP contribution in [0.15, 0.2) is 0 Å². The van der Waals surface area contributed by atoms with E-state index < -0.39 is 11.6 Å². The Morgan fingerprint density at radius 3 is 2.72 bits per heavy atom. The number of piperidine rings is 1. The van der Waals surface area contributed by atoms with Gasteiger partial charge in [-0.25, -0.2) is 9.78 Å². The van der Waals surface area contributed by atoms with Gasteiger partial charge in [0.2, 0.25) is 0 Å². The summed E-state index contributed by atoms with van der Waals surface area (Å²) in [5, 5.41) is 10.8. The molecular formula is C11H15ClN2O3S. The molecule has 18 heavy (non-hydrogen) atoms. The molecule has 2 rings (SSSR count). The number of rotatable bonds is 2. The van der Waals surface area contributed by atoms with Crippen molar-refractivity contribution in [2.24, 2.45) is 0 Å². The van der Waals surface area contributed by atoms with E-state index in [0.29, 0.717) is 35.9 Å². The molecule has 0 saturated carbocycles. The largest absolute Gasteiger partial charge is 0.465 e. The smallest absolute Gasteiger partial charge is 0.351 e. The second-order valence-electron chi connectivity index (χ2n) is 4.59. The standard InChI is InChI=1S/C11H15ClN2O3S/c1-11(16)3-5-14(6-4-11)10-13-8(12)7(18-10)9(15)17-2/h16H,3-6H2,1-2H3. The third-order valence-electron chi connectivity index (χ3n) is 3.06. The molecule has 0 atom stereocenters. The van der Waals surface area contributed by atoms with Crippen LogP contribution in [0.4, 0.5) is 5.13 Å². The molecule has 0 aromatic carbocycles. The van der Waals surface area contributed by atoms with Gasteiger partial charge >= 0.3 is 5.97 Å². The van der Waals surface area contributed by atoms with Gasteiger partial charge in [0.05, 0.1) is 12.7 Å². The van der Waals surface area contributed by atoms with E-state index in [0.717, 1.165) is 0 Å². The average molecular weight is 291 g/mol. The van der Waals surface area contributed by atoms with Crippen LogP contribution in [-0.2, 0) is 4.74 Å². The minimum Gasteiger partial charge on any atom is -0.465 e. The summed E-state index contributed by atoms with van der Waals surface area (Å²) in [7, 11) is 1.32. The molecule has 7 heteroatoms. The molecule has 0 radical (unpaired) electrons. The molecule has 1 aromatic rings. The number of carbonyl (C=O) groups excluding carboxylic acids is 1. The summed E-state index contributed by atoms with van der Waals surface area (Å²) < 4.78 is 4.64. The van der Waals surface area contributed by atoms with E-state index in [1.807, 2.05) is 11.8 Å². The van der Waals surface area contributed by atoms with Crippen LogP contribution in [0, 0.1) is 0 Å². The molecule has 1 fully saturated rings. The molecule has 0 aliphatic carbocycles. The molecule has 0 unspecified atom stereocenters. The van der Waals surface area contributed by atoms with Crippen LogP contribution in [0.3, 0.4) is 0 Å². The Morgan fingerprint density at radius 1 is 1.56 bits per heavy atom. The van der Waals surface area contributed by atoms with Gasteiger partial charge < -0.3 is 14.7 Å². The van der Waals surface area contributed by atoms with Crippen LogP contribution in [0.25, 0.3) is 0 Å². The normalized spacial score (nSPS) is 18.8. The number of esters is 1. The average Bonchev–Trinajstić information content (AvgIpc) is 2.70. The third-order valence-corrected chi connectivity index (χ3v) is 4.54. The highest BCUT2D eigenvalue weighted by Gasteiger charge is 2.29. The summed E-state index contributed by atoms with van der Waals surface area (Å²) in [6.07, 6.45) is 1.36. The summed E-state index contributed by atoms with van der Waals surface area (Å²) in [5.41, 5.74) is -0.608. The maximum absolute atomic E-state index is 11.4. The van der Waals surface area contributed by atoms with Gasteiger partial charge in [0, 0.05) is 13.1 Å². The zero-order chi connectivity index (χ0) is 13.3. The van der Waals surface area contributed by atoms with Crippen LogP contribution < -0.4 is 4.90 Å². The molecule has 0 spiro atoms. The van der Waals surface area contributed by atoms with E-state index in [2.05, 4.69) is 9.72 Å². The number of aliphatic hydroxyl groups is 1. The first-order chi connectivity index (χ1) is 8.43. The molecule has 1 aliphatic rings. The lowest BCUT2D eigenvalue weighted by Gasteiger charge is -2.35. The molecule has 1 N–H and O–H groups in total. The predicted octanol–water partition coefficient (Wildman–Crippen LogP) is 1.93. The predicted molar refractivity (Wildman–Crippen MR) is 70.5 cm³/mol. The Kier molecular flexibility index (Phi) is 3.79. The molecule has 1 aliphatic heterocycles. The summed E-state index contributed by atoms with van der Waals surface area (Å²) >= 11 is 7.14. The number of hydrogen-bond acceptors (Lipinski definition) is 6. The van der Waals surface area contributed by atoms with Crippen molar-refractivity contribution in [3.8, 4) is 0 Å². The topological polar surface area (TPSA) is 62.7 Å². The zero-order valence-corrected chi connectivity index (χ0v) is 11.8. The van der Waals surface area contributed by atoms with Crippen molar-refractivity contribution in [3.05, 3.63) is 10.0 Å². The van der Waals surface area contributed by atoms with Crippen molar-refractivity contribution in [2.75, 3.05) is 25.1 Å². The summed E-state index contributed by atoms with van der Waals surface area (Å²) in [4.78, 5) is 18.0. The van der Waals surface area contributed by atoms with Crippen LogP contribution in [0.1, 0.15) is 29.4 Å². The quantitative estimate of drug-likeness (QED) is 0.843. The fourth-order valence-corrected chi connectivity index (χ4v) is 3.08. The number of ether oxygens (including phenoxy) is 1. The number of aromatic nitrogens is 1. The number of nitrogens with zero attached hydrogens (tertiary/aromatic N) is 2.